The van der Waals surface area contributed by atoms with Gasteiger partial charge in [-0.3, -0.25) is 9.59 Å². The number of carboxylic acids is 1. The summed E-state index contributed by atoms with van der Waals surface area (Å²) in [4.78, 5) is 37.9. The molecule has 2 fully saturated rings. The number of amides is 1. The van der Waals surface area contributed by atoms with Crippen LogP contribution in [-0.4, -0.2) is 67.2 Å². The highest BCUT2D eigenvalue weighted by atomic mass is 32.1. The number of nitrogens with zero attached hydrogens (tertiary/aromatic N) is 3. The number of carboxylic acid groups (broad SMARTS) is 1. The molecule has 1 aliphatic carbocycles. The van der Waals surface area contributed by atoms with E-state index in [1.807, 2.05) is 18.5 Å². The van der Waals surface area contributed by atoms with Gasteiger partial charge in [0.2, 0.25) is 0 Å². The number of anilines is 1. The first-order valence-corrected chi connectivity index (χ1v) is 12.2. The Morgan fingerprint density at radius 2 is 2.06 bits per heavy atom. The van der Waals surface area contributed by atoms with Gasteiger partial charge in [0.05, 0.1) is 17.7 Å². The predicted octanol–water partition coefficient (Wildman–Crippen LogP) is 3.20. The van der Waals surface area contributed by atoms with Gasteiger partial charge in [-0.15, -0.1) is 11.3 Å². The molecule has 9 nitrogen and oxygen atoms in total. The third-order valence-corrected chi connectivity index (χ3v) is 7.68. The molecule has 3 aromatic rings. The number of carbonyl (C=O) groups is 2. The van der Waals surface area contributed by atoms with E-state index in [0.29, 0.717) is 24.9 Å². The van der Waals surface area contributed by atoms with Crippen LogP contribution in [0.3, 0.4) is 0 Å². The molecule has 4 atom stereocenters. The van der Waals surface area contributed by atoms with E-state index in [0.717, 1.165) is 45.0 Å². The number of hydrogen-bond donors (Lipinski definition) is 4. The Labute approximate surface area is 200 Å². The summed E-state index contributed by atoms with van der Waals surface area (Å²) in [5, 5.41) is 24.1. The first-order chi connectivity index (χ1) is 16.4. The van der Waals surface area contributed by atoms with Crippen molar-refractivity contribution in [1.82, 2.24) is 19.9 Å². The number of thiazole rings is 1. The minimum Gasteiger partial charge on any atom is -0.481 e. The number of fused-ring (bicyclic) bond motifs is 2. The van der Waals surface area contributed by atoms with Crippen molar-refractivity contribution < 1.29 is 19.8 Å². The maximum Gasteiger partial charge on any atom is 0.307 e. The monoisotopic (exact) mass is 481 g/mol. The lowest BCUT2D eigenvalue weighted by Gasteiger charge is -2.22. The van der Waals surface area contributed by atoms with Gasteiger partial charge in [-0.05, 0) is 43.7 Å². The zero-order valence-corrected chi connectivity index (χ0v) is 19.6. The van der Waals surface area contributed by atoms with Crippen molar-refractivity contribution in [1.29, 1.82) is 0 Å². The molecule has 0 radical (unpaired) electrons. The number of rotatable bonds is 7. The van der Waals surface area contributed by atoms with E-state index >= 15 is 0 Å². The van der Waals surface area contributed by atoms with E-state index in [1.54, 1.807) is 23.2 Å². The van der Waals surface area contributed by atoms with Crippen LogP contribution in [0.5, 0.6) is 0 Å². The summed E-state index contributed by atoms with van der Waals surface area (Å²) in [7, 11) is 0. The van der Waals surface area contributed by atoms with Crippen molar-refractivity contribution in [2.75, 3.05) is 18.4 Å². The van der Waals surface area contributed by atoms with Crippen molar-refractivity contribution in [3.8, 4) is 10.6 Å². The van der Waals surface area contributed by atoms with Crippen LogP contribution in [0.15, 0.2) is 30.7 Å². The average Bonchev–Trinajstić information content (AvgIpc) is 3.56. The molecule has 1 unspecified atom stereocenters. The maximum atomic E-state index is 12.2. The summed E-state index contributed by atoms with van der Waals surface area (Å²) >= 11 is 1.49. The SMILES string of the molecule is C[C@H](O)C(=O)N1C[C@H]2CC(Nc3c(-c4ncc(/C=C/CC(=O)O)s4)cnc4[nH]ccc34)C[C@H]2C1. The molecule has 4 N–H and O–H groups in total. The Bertz CT molecular complexity index is 1240. The minimum absolute atomic E-state index is 0.0266. The first kappa shape index (κ1) is 22.5. The number of nitrogens with one attached hydrogen (secondary N) is 2. The Balaban J connectivity index is 1.36. The van der Waals surface area contributed by atoms with Gasteiger partial charge in [-0.25, -0.2) is 9.97 Å². The first-order valence-electron chi connectivity index (χ1n) is 11.4. The number of hydrogen-bond acceptors (Lipinski definition) is 7. The molecule has 4 heterocycles. The van der Waals surface area contributed by atoms with E-state index in [1.165, 1.54) is 18.3 Å². The van der Waals surface area contributed by atoms with Crippen LogP contribution >= 0.6 is 11.3 Å². The van der Waals surface area contributed by atoms with Crippen LogP contribution in [0.2, 0.25) is 0 Å². The molecule has 0 spiro atoms. The van der Waals surface area contributed by atoms with Gasteiger partial charge in [0.15, 0.2) is 0 Å². The average molecular weight is 482 g/mol. The molecule has 0 aromatic carbocycles. The maximum absolute atomic E-state index is 12.2. The third-order valence-electron chi connectivity index (χ3n) is 6.68. The van der Waals surface area contributed by atoms with Gasteiger partial charge in [0, 0.05) is 48.0 Å². The number of aliphatic hydroxyl groups is 1. The molecule has 0 bridgehead atoms. The predicted molar refractivity (Wildman–Crippen MR) is 130 cm³/mol. The molecule has 1 amide bonds. The van der Waals surface area contributed by atoms with E-state index in [4.69, 9.17) is 5.11 Å². The van der Waals surface area contributed by atoms with Crippen molar-refractivity contribution in [3.05, 3.63) is 35.6 Å². The lowest BCUT2D eigenvalue weighted by atomic mass is 10.0. The lowest BCUT2D eigenvalue weighted by Crippen LogP contribution is -2.37. The van der Waals surface area contributed by atoms with Gasteiger partial charge >= 0.3 is 5.97 Å². The molecule has 2 aliphatic rings. The topological polar surface area (TPSA) is 131 Å². The molecule has 5 rings (SSSR count). The van der Waals surface area contributed by atoms with Crippen LogP contribution in [0.25, 0.3) is 27.7 Å². The summed E-state index contributed by atoms with van der Waals surface area (Å²) in [5.74, 6) is -0.188. The van der Waals surface area contributed by atoms with Crippen LogP contribution in [0.4, 0.5) is 5.69 Å². The van der Waals surface area contributed by atoms with Gasteiger partial charge in [-0.2, -0.15) is 0 Å². The molecule has 1 aliphatic heterocycles. The quantitative estimate of drug-likeness (QED) is 0.407. The third kappa shape index (κ3) is 4.43. The fourth-order valence-corrected chi connectivity index (χ4v) is 6.02. The van der Waals surface area contributed by atoms with E-state index in [-0.39, 0.29) is 18.4 Å². The number of aliphatic hydroxyl groups excluding tert-OH is 1. The molecular weight excluding hydrogens is 454 g/mol. The number of pyridine rings is 1. The number of aromatic amines is 1. The largest absolute Gasteiger partial charge is 0.481 e. The Morgan fingerprint density at radius 3 is 2.76 bits per heavy atom. The number of likely N-dealkylation sites (tertiary alicyclic amines) is 1. The summed E-state index contributed by atoms with van der Waals surface area (Å²) in [6.45, 7) is 2.93. The van der Waals surface area contributed by atoms with Crippen molar-refractivity contribution in [2.24, 2.45) is 11.8 Å². The summed E-state index contributed by atoms with van der Waals surface area (Å²) in [6.07, 6.45) is 9.79. The molecule has 3 aromatic heterocycles. The Kier molecular flexibility index (Phi) is 6.09. The molecule has 1 saturated heterocycles. The van der Waals surface area contributed by atoms with Gasteiger partial charge in [0.25, 0.3) is 5.91 Å². The Hall–Kier alpha value is -3.24. The lowest BCUT2D eigenvalue weighted by molar-refractivity contribution is -0.138. The number of aliphatic carboxylic acids is 1. The highest BCUT2D eigenvalue weighted by Gasteiger charge is 2.43. The molecule has 1 saturated carbocycles. The van der Waals surface area contributed by atoms with Gasteiger partial charge in [-0.1, -0.05) is 6.08 Å². The summed E-state index contributed by atoms with van der Waals surface area (Å²) in [5.41, 5.74) is 2.71. The van der Waals surface area contributed by atoms with Gasteiger partial charge < -0.3 is 25.4 Å². The summed E-state index contributed by atoms with van der Waals surface area (Å²) in [6, 6.07) is 2.28. The van der Waals surface area contributed by atoms with Crippen LogP contribution in [-0.2, 0) is 9.59 Å². The minimum atomic E-state index is -0.948. The van der Waals surface area contributed by atoms with Crippen molar-refractivity contribution >= 4 is 46.0 Å². The molecule has 34 heavy (non-hydrogen) atoms. The second kappa shape index (κ2) is 9.19. The smallest absolute Gasteiger partial charge is 0.307 e. The summed E-state index contributed by atoms with van der Waals surface area (Å²) < 4.78 is 0. The Morgan fingerprint density at radius 1 is 1.29 bits per heavy atom. The number of carbonyl (C=O) groups excluding carboxylic acids is 1. The van der Waals surface area contributed by atoms with E-state index in [2.05, 4.69) is 20.3 Å². The number of aromatic nitrogens is 3. The highest BCUT2D eigenvalue weighted by molar-refractivity contribution is 7.15. The van der Waals surface area contributed by atoms with E-state index < -0.39 is 12.1 Å². The van der Waals surface area contributed by atoms with Crippen molar-refractivity contribution in [3.63, 3.8) is 0 Å². The second-order valence-corrected chi connectivity index (χ2v) is 10.2. The van der Waals surface area contributed by atoms with Crippen LogP contribution in [0, 0.1) is 11.8 Å². The molecular formula is C24H27N5O4S. The zero-order valence-electron chi connectivity index (χ0n) is 18.8. The fourth-order valence-electron chi connectivity index (χ4n) is 5.16. The fraction of sp³-hybridized carbons (Fsp3) is 0.417. The highest BCUT2D eigenvalue weighted by Crippen LogP contribution is 2.42. The normalized spacial score (nSPS) is 23.0. The second-order valence-electron chi connectivity index (χ2n) is 9.11. The van der Waals surface area contributed by atoms with Crippen LogP contribution in [0.1, 0.15) is 31.1 Å². The van der Waals surface area contributed by atoms with Crippen LogP contribution < -0.4 is 5.32 Å². The molecule has 178 valence electrons. The van der Waals surface area contributed by atoms with Gasteiger partial charge in [0.1, 0.15) is 16.8 Å². The standard InChI is InChI=1S/C24H27N5O4S/c1-13(30)24(33)29-11-14-7-16(8-15(14)12-29)28-21-18-5-6-25-22(18)26-10-19(21)23-27-9-17(34-23)3-2-4-20(31)32/h2-3,5-6,9-10,13-16,30H,4,7-8,11-12H2,1H3,(H,31,32)(H2,25,26,28)/b3-2+/t13-,14-,15+,16?/m0/s1. The number of H-pyrrole nitrogens is 1. The van der Waals surface area contributed by atoms with Crippen molar-refractivity contribution in [2.45, 2.75) is 38.3 Å². The van der Waals surface area contributed by atoms with E-state index in [9.17, 15) is 14.7 Å². The zero-order chi connectivity index (χ0) is 23.8. The molecule has 10 heteroatoms.